The van der Waals surface area contributed by atoms with Crippen LogP contribution < -0.4 is 20.7 Å². The van der Waals surface area contributed by atoms with Gasteiger partial charge in [-0.25, -0.2) is 19.8 Å². The number of thiophene rings is 1. The third kappa shape index (κ3) is 4.44. The summed E-state index contributed by atoms with van der Waals surface area (Å²) in [6.07, 6.45) is -0.403. The van der Waals surface area contributed by atoms with Gasteiger partial charge >= 0.3 is 11.9 Å². The van der Waals surface area contributed by atoms with Gasteiger partial charge in [0.15, 0.2) is 5.17 Å². The topological polar surface area (TPSA) is 135 Å². The van der Waals surface area contributed by atoms with E-state index < -0.39 is 23.2 Å². The first-order valence-electron chi connectivity index (χ1n) is 10.4. The Hall–Kier alpha value is -3.58. The van der Waals surface area contributed by atoms with Crippen molar-refractivity contribution < 1.29 is 23.8 Å². The molecule has 13 heteroatoms. The number of thioether (sulfide) groups is 1. The molecule has 184 valence electrons. The number of anilines is 1. The molecule has 35 heavy (non-hydrogen) atoms. The normalized spacial score (nSPS) is 18.5. The summed E-state index contributed by atoms with van der Waals surface area (Å²) in [4.78, 5) is 50.1. The van der Waals surface area contributed by atoms with Crippen LogP contribution in [-0.2, 0) is 19.1 Å². The van der Waals surface area contributed by atoms with Crippen LogP contribution in [0.4, 0.5) is 11.6 Å². The molecule has 4 rings (SSSR count). The summed E-state index contributed by atoms with van der Waals surface area (Å²) in [7, 11) is 4.00. The van der Waals surface area contributed by atoms with Crippen LogP contribution in [0.1, 0.15) is 16.9 Å². The lowest BCUT2D eigenvalue weighted by Crippen LogP contribution is -2.55. The highest BCUT2D eigenvalue weighted by Crippen LogP contribution is 2.42. The van der Waals surface area contributed by atoms with E-state index in [4.69, 9.17) is 14.2 Å². The zero-order chi connectivity index (χ0) is 25.3. The van der Waals surface area contributed by atoms with Crippen molar-refractivity contribution in [3.8, 4) is 5.75 Å². The molecule has 0 bridgehead atoms. The Morgan fingerprint density at radius 3 is 2.49 bits per heavy atom. The molecule has 1 aromatic carbocycles. The number of nitrogens with one attached hydrogen (secondary N) is 2. The van der Waals surface area contributed by atoms with Crippen LogP contribution in [0.2, 0.25) is 0 Å². The summed E-state index contributed by atoms with van der Waals surface area (Å²) in [6, 6.07) is 6.96. The van der Waals surface area contributed by atoms with E-state index in [0.717, 1.165) is 22.2 Å². The number of fused-ring (bicyclic) bond motifs is 1. The maximum atomic E-state index is 13.1. The van der Waals surface area contributed by atoms with Crippen molar-refractivity contribution in [3.63, 3.8) is 0 Å². The molecule has 0 aliphatic carbocycles. The number of H-pyrrole nitrogens is 1. The Morgan fingerprint density at radius 2 is 1.86 bits per heavy atom. The molecule has 0 saturated carbocycles. The number of aliphatic imine (C=N–C) groups is 1. The van der Waals surface area contributed by atoms with E-state index >= 15 is 0 Å². The molecule has 1 saturated heterocycles. The fourth-order valence-electron chi connectivity index (χ4n) is 3.56. The molecule has 1 aliphatic rings. The van der Waals surface area contributed by atoms with Crippen LogP contribution >= 0.6 is 23.1 Å². The van der Waals surface area contributed by atoms with Crippen LogP contribution in [0.3, 0.4) is 0 Å². The van der Waals surface area contributed by atoms with Crippen LogP contribution in [0.15, 0.2) is 34.1 Å². The van der Waals surface area contributed by atoms with Gasteiger partial charge in [0.25, 0.3) is 5.56 Å². The number of aromatic nitrogens is 2. The number of amidine groups is 1. The van der Waals surface area contributed by atoms with E-state index in [-0.39, 0.29) is 16.7 Å². The smallest absolute Gasteiger partial charge is 0.345 e. The molecule has 0 spiro atoms. The number of rotatable bonds is 6. The molecule has 1 unspecified atom stereocenters. The fraction of sp³-hybridized carbons (Fsp3) is 0.318. The molecule has 1 fully saturated rings. The molecule has 2 aromatic heterocycles. The van der Waals surface area contributed by atoms with Crippen molar-refractivity contribution >= 4 is 62.1 Å². The van der Waals surface area contributed by atoms with Crippen LogP contribution in [-0.4, -0.2) is 53.3 Å². The number of esters is 2. The Bertz CT molecular complexity index is 1380. The number of benzene rings is 1. The molecule has 11 nitrogen and oxygen atoms in total. The first kappa shape index (κ1) is 24.5. The van der Waals surface area contributed by atoms with Gasteiger partial charge in [0.2, 0.25) is 10.8 Å². The Labute approximate surface area is 208 Å². The second-order valence-electron chi connectivity index (χ2n) is 7.55. The van der Waals surface area contributed by atoms with Gasteiger partial charge in [0, 0.05) is 4.88 Å². The summed E-state index contributed by atoms with van der Waals surface area (Å²) < 4.78 is 15.1. The predicted molar refractivity (Wildman–Crippen MR) is 134 cm³/mol. The number of aromatic amines is 1. The summed E-state index contributed by atoms with van der Waals surface area (Å²) >= 11 is 2.32. The summed E-state index contributed by atoms with van der Waals surface area (Å²) in [6.45, 7) is 3.75. The molecule has 3 aromatic rings. The van der Waals surface area contributed by atoms with Crippen molar-refractivity contribution in [1.29, 1.82) is 0 Å². The third-order valence-electron chi connectivity index (χ3n) is 5.49. The van der Waals surface area contributed by atoms with Crippen molar-refractivity contribution in [2.45, 2.75) is 25.1 Å². The lowest BCUT2D eigenvalue weighted by Gasteiger charge is -2.32. The number of hydrogen-bond donors (Lipinski definition) is 2. The number of carbonyl (C=O) groups excluding carboxylic acids is 2. The van der Waals surface area contributed by atoms with Gasteiger partial charge in [-0.05, 0) is 55.4 Å². The first-order chi connectivity index (χ1) is 16.7. The highest BCUT2D eigenvalue weighted by atomic mass is 32.2. The predicted octanol–water partition coefficient (Wildman–Crippen LogP) is 2.79. The number of hydrogen-bond acceptors (Lipinski definition) is 11. The van der Waals surface area contributed by atoms with Crippen LogP contribution in [0, 0.1) is 13.8 Å². The monoisotopic (exact) mass is 517 g/mol. The average molecular weight is 518 g/mol. The van der Waals surface area contributed by atoms with Crippen molar-refractivity contribution in [1.82, 2.24) is 15.4 Å². The van der Waals surface area contributed by atoms with E-state index in [1.165, 1.54) is 30.6 Å². The number of hydrazine groups is 1. The summed E-state index contributed by atoms with van der Waals surface area (Å²) in [5.74, 6) is -0.715. The van der Waals surface area contributed by atoms with Gasteiger partial charge in [-0.2, -0.15) is 0 Å². The SMILES string of the molecule is COC(=O)CC1(C(=O)OC)SC(=Nc2ccc(OC)cc2)NN1c1nc2sc(C)c(C)c2c(=O)[nH]1. The molecular formula is C22H23N5O6S2. The van der Waals surface area contributed by atoms with Crippen molar-refractivity contribution in [2.24, 2.45) is 4.99 Å². The number of ether oxygens (including phenoxy) is 3. The molecule has 1 aliphatic heterocycles. The molecule has 2 N–H and O–H groups in total. The van der Waals surface area contributed by atoms with Gasteiger partial charge in [-0.3, -0.25) is 20.0 Å². The zero-order valence-corrected chi connectivity index (χ0v) is 21.3. The van der Waals surface area contributed by atoms with E-state index in [0.29, 0.717) is 21.7 Å². The lowest BCUT2D eigenvalue weighted by molar-refractivity contribution is -0.150. The number of methoxy groups -OCH3 is 3. The zero-order valence-electron chi connectivity index (χ0n) is 19.6. The maximum Gasteiger partial charge on any atom is 0.345 e. The maximum absolute atomic E-state index is 13.1. The highest BCUT2D eigenvalue weighted by Gasteiger charge is 2.56. The standard InChI is InChI=1S/C22H23N5O6S2/c1-11-12(2)34-18-16(11)17(29)24-20(25-18)27-22(19(30)33-5,10-15(28)32-4)35-21(26-27)23-13-6-8-14(31-3)9-7-13/h6-9H,10H2,1-5H3,(H,23,26)(H,24,25,29). The van der Waals surface area contributed by atoms with E-state index in [1.54, 1.807) is 31.4 Å². The molecule has 3 heterocycles. The van der Waals surface area contributed by atoms with E-state index in [2.05, 4.69) is 20.4 Å². The molecule has 1 atom stereocenters. The minimum atomic E-state index is -1.68. The number of aryl methyl sites for hydroxylation is 2. The Balaban J connectivity index is 1.86. The van der Waals surface area contributed by atoms with Gasteiger partial charge in [-0.15, -0.1) is 11.3 Å². The number of nitrogens with zero attached hydrogens (tertiary/aromatic N) is 3. The van der Waals surface area contributed by atoms with Crippen LogP contribution in [0.5, 0.6) is 5.75 Å². The lowest BCUT2D eigenvalue weighted by atomic mass is 10.2. The van der Waals surface area contributed by atoms with Gasteiger partial charge in [-0.1, -0.05) is 0 Å². The van der Waals surface area contributed by atoms with Crippen molar-refractivity contribution in [3.05, 3.63) is 45.1 Å². The van der Waals surface area contributed by atoms with E-state index in [1.807, 2.05) is 13.8 Å². The van der Waals surface area contributed by atoms with Gasteiger partial charge < -0.3 is 14.2 Å². The third-order valence-corrected chi connectivity index (χ3v) is 7.80. The van der Waals surface area contributed by atoms with Crippen LogP contribution in [0.25, 0.3) is 10.2 Å². The molecular weight excluding hydrogens is 494 g/mol. The summed E-state index contributed by atoms with van der Waals surface area (Å²) in [5, 5.41) is 2.06. The van der Waals surface area contributed by atoms with E-state index in [9.17, 15) is 14.4 Å². The largest absolute Gasteiger partial charge is 0.497 e. The molecule has 0 amide bonds. The quantitative estimate of drug-likeness (QED) is 0.470. The van der Waals surface area contributed by atoms with Crippen molar-refractivity contribution in [2.75, 3.05) is 26.3 Å². The minimum Gasteiger partial charge on any atom is -0.497 e. The van der Waals surface area contributed by atoms with Gasteiger partial charge in [0.05, 0.1) is 38.8 Å². The second-order valence-corrected chi connectivity index (χ2v) is 10.0. The van der Waals surface area contributed by atoms with Gasteiger partial charge in [0.1, 0.15) is 10.6 Å². The fourth-order valence-corrected chi connectivity index (χ4v) is 5.77. The molecule has 0 radical (unpaired) electrons. The summed E-state index contributed by atoms with van der Waals surface area (Å²) in [5.41, 5.74) is 4.05. The Kier molecular flexibility index (Phi) is 6.72. The first-order valence-corrected chi connectivity index (χ1v) is 12.0. The Morgan fingerprint density at radius 1 is 1.14 bits per heavy atom. The second kappa shape index (κ2) is 9.58. The number of carbonyl (C=O) groups is 2. The minimum absolute atomic E-state index is 0.0329. The average Bonchev–Trinajstić information content (AvgIpc) is 3.36. The highest BCUT2D eigenvalue weighted by molar-refractivity contribution is 8.16.